The van der Waals surface area contributed by atoms with E-state index >= 15 is 0 Å². The fourth-order valence-electron chi connectivity index (χ4n) is 2.55. The summed E-state index contributed by atoms with van der Waals surface area (Å²) in [6, 6.07) is 12.2. The van der Waals surface area contributed by atoms with E-state index in [1.807, 2.05) is 18.4 Å². The van der Waals surface area contributed by atoms with Crippen LogP contribution in [0.3, 0.4) is 0 Å². The number of carbonyl (C=O) groups excluding carboxylic acids is 1. The van der Waals surface area contributed by atoms with Crippen LogP contribution in [0.4, 0.5) is 10.5 Å². The van der Waals surface area contributed by atoms with Crippen LogP contribution in [0.5, 0.6) is 5.75 Å². The normalized spacial score (nSPS) is 13.0. The summed E-state index contributed by atoms with van der Waals surface area (Å²) in [6.07, 6.45) is 0.00174. The quantitative estimate of drug-likeness (QED) is 0.505. The van der Waals surface area contributed by atoms with Crippen molar-refractivity contribution < 1.29 is 24.5 Å². The number of carbonyl (C=O) groups is 1. The molecule has 0 unspecified atom stereocenters. The van der Waals surface area contributed by atoms with E-state index in [4.69, 9.17) is 9.47 Å². The molecule has 8 heteroatoms. The molecule has 2 aromatic carbocycles. The number of hydrogen-bond donors (Lipinski definition) is 3. The number of thioether (sulfide) groups is 1. The molecule has 146 valence electrons. The topological polar surface area (TPSA) is 88.0 Å². The molecule has 0 aromatic heterocycles. The molecule has 6 nitrogen and oxygen atoms in total. The Labute approximate surface area is 171 Å². The van der Waals surface area contributed by atoms with E-state index in [-0.39, 0.29) is 18.8 Å². The molecular formula is C19H22BrNO5S. The van der Waals surface area contributed by atoms with Crippen molar-refractivity contribution >= 4 is 39.5 Å². The van der Waals surface area contributed by atoms with Gasteiger partial charge in [0.2, 0.25) is 0 Å². The van der Waals surface area contributed by atoms with Crippen LogP contribution in [0.25, 0.3) is 0 Å². The highest BCUT2D eigenvalue weighted by Gasteiger charge is 2.29. The molecular weight excluding hydrogens is 434 g/mol. The highest BCUT2D eigenvalue weighted by molar-refractivity contribution is 9.10. The SMILES string of the molecule is CO[C@@H](CCO)[C@@H](OC(=O)Nc1ccc(SC)cc1)c1cc(Br)ccc1O. The third-order valence-corrected chi connectivity index (χ3v) is 5.16. The Morgan fingerprint density at radius 3 is 2.56 bits per heavy atom. The van der Waals surface area contributed by atoms with E-state index in [9.17, 15) is 15.0 Å². The predicted octanol–water partition coefficient (Wildman–Crippen LogP) is 4.56. The van der Waals surface area contributed by atoms with Gasteiger partial charge in [0.25, 0.3) is 0 Å². The van der Waals surface area contributed by atoms with Crippen LogP contribution in [0.2, 0.25) is 0 Å². The molecule has 27 heavy (non-hydrogen) atoms. The smallest absolute Gasteiger partial charge is 0.412 e. The highest BCUT2D eigenvalue weighted by Crippen LogP contribution is 2.34. The predicted molar refractivity (Wildman–Crippen MR) is 109 cm³/mol. The fourth-order valence-corrected chi connectivity index (χ4v) is 3.34. The Bertz CT molecular complexity index is 756. The molecule has 0 saturated carbocycles. The van der Waals surface area contributed by atoms with Gasteiger partial charge in [-0.25, -0.2) is 4.79 Å². The summed E-state index contributed by atoms with van der Waals surface area (Å²) in [4.78, 5) is 13.5. The molecule has 0 saturated heterocycles. The lowest BCUT2D eigenvalue weighted by molar-refractivity contribution is -0.0314. The number of benzene rings is 2. The number of amides is 1. The van der Waals surface area contributed by atoms with Crippen molar-refractivity contribution in [3.8, 4) is 5.75 Å². The van der Waals surface area contributed by atoms with Gasteiger partial charge >= 0.3 is 6.09 Å². The molecule has 2 rings (SSSR count). The van der Waals surface area contributed by atoms with Crippen molar-refractivity contribution in [3.63, 3.8) is 0 Å². The molecule has 0 aliphatic heterocycles. The van der Waals surface area contributed by atoms with Crippen molar-refractivity contribution in [2.75, 3.05) is 25.3 Å². The number of nitrogens with one attached hydrogen (secondary N) is 1. The van der Waals surface area contributed by atoms with Gasteiger partial charge in [0, 0.05) is 40.8 Å². The number of hydrogen-bond acceptors (Lipinski definition) is 6. The Morgan fingerprint density at radius 2 is 1.96 bits per heavy atom. The lowest BCUT2D eigenvalue weighted by atomic mass is 10.0. The Morgan fingerprint density at radius 1 is 1.26 bits per heavy atom. The minimum Gasteiger partial charge on any atom is -0.508 e. The summed E-state index contributed by atoms with van der Waals surface area (Å²) in [6.45, 7) is -0.148. The van der Waals surface area contributed by atoms with Gasteiger partial charge in [-0.05, 0) is 48.7 Å². The fraction of sp³-hybridized carbons (Fsp3) is 0.316. The van der Waals surface area contributed by atoms with Crippen LogP contribution in [0.1, 0.15) is 18.1 Å². The maximum atomic E-state index is 12.4. The number of methoxy groups -OCH3 is 1. The number of phenolic OH excluding ortho intramolecular Hbond substituents is 1. The summed E-state index contributed by atoms with van der Waals surface area (Å²) < 4.78 is 11.7. The summed E-state index contributed by atoms with van der Waals surface area (Å²) in [5, 5.41) is 22.2. The molecule has 0 aliphatic carbocycles. The number of ether oxygens (including phenoxy) is 2. The number of rotatable bonds is 8. The van der Waals surface area contributed by atoms with E-state index in [2.05, 4.69) is 21.2 Å². The maximum absolute atomic E-state index is 12.4. The Balaban J connectivity index is 2.21. The average molecular weight is 456 g/mol. The van der Waals surface area contributed by atoms with Gasteiger partial charge in [0.05, 0.1) is 0 Å². The van der Waals surface area contributed by atoms with Crippen molar-refractivity contribution in [1.29, 1.82) is 0 Å². The van der Waals surface area contributed by atoms with Gasteiger partial charge in [-0.3, -0.25) is 5.32 Å². The first-order valence-corrected chi connectivity index (χ1v) is 10.2. The zero-order chi connectivity index (χ0) is 19.8. The van der Waals surface area contributed by atoms with Gasteiger partial charge in [0.15, 0.2) is 6.10 Å². The summed E-state index contributed by atoms with van der Waals surface area (Å²) >= 11 is 4.95. The number of phenols is 1. The Kier molecular flexibility index (Phi) is 8.43. The number of aliphatic hydroxyl groups excluding tert-OH is 1. The minimum atomic E-state index is -0.898. The number of aromatic hydroxyl groups is 1. The second kappa shape index (κ2) is 10.6. The summed E-state index contributed by atoms with van der Waals surface area (Å²) in [7, 11) is 1.46. The molecule has 2 aromatic rings. The van der Waals surface area contributed by atoms with Gasteiger partial charge in [-0.2, -0.15) is 0 Å². The molecule has 0 radical (unpaired) electrons. The summed E-state index contributed by atoms with van der Waals surface area (Å²) in [5.41, 5.74) is 0.976. The van der Waals surface area contributed by atoms with Crippen LogP contribution in [0, 0.1) is 0 Å². The lowest BCUT2D eigenvalue weighted by Crippen LogP contribution is -2.29. The second-order valence-corrected chi connectivity index (χ2v) is 7.46. The van der Waals surface area contributed by atoms with Gasteiger partial charge in [0.1, 0.15) is 11.9 Å². The van der Waals surface area contributed by atoms with E-state index in [1.54, 1.807) is 36.0 Å². The third-order valence-electron chi connectivity index (χ3n) is 3.92. The minimum absolute atomic E-state index is 0.0275. The first-order valence-electron chi connectivity index (χ1n) is 8.22. The largest absolute Gasteiger partial charge is 0.508 e. The van der Waals surface area contributed by atoms with Crippen LogP contribution in [-0.2, 0) is 9.47 Å². The third kappa shape index (κ3) is 6.14. The van der Waals surface area contributed by atoms with Gasteiger partial charge in [-0.1, -0.05) is 15.9 Å². The summed E-state index contributed by atoms with van der Waals surface area (Å²) in [5.74, 6) is -0.0275. The van der Waals surface area contributed by atoms with Crippen LogP contribution in [-0.4, -0.2) is 42.4 Å². The standard InChI is InChI=1S/C19H22BrNO5S/c1-25-17(9-10-22)18(15-11-12(20)3-8-16(15)23)26-19(24)21-13-4-6-14(27-2)7-5-13/h3-8,11,17-18,22-23H,9-10H2,1-2H3,(H,21,24)/t17-,18-/m0/s1. The molecule has 3 N–H and O–H groups in total. The van der Waals surface area contributed by atoms with Crippen LogP contribution < -0.4 is 5.32 Å². The zero-order valence-electron chi connectivity index (χ0n) is 15.0. The van der Waals surface area contributed by atoms with Gasteiger partial charge < -0.3 is 19.7 Å². The zero-order valence-corrected chi connectivity index (χ0v) is 17.4. The molecule has 1 amide bonds. The monoisotopic (exact) mass is 455 g/mol. The number of halogens is 1. The van der Waals surface area contributed by atoms with E-state index in [0.717, 1.165) is 9.37 Å². The average Bonchev–Trinajstić information content (AvgIpc) is 2.67. The highest BCUT2D eigenvalue weighted by atomic mass is 79.9. The lowest BCUT2D eigenvalue weighted by Gasteiger charge is -2.26. The molecule has 2 atom stereocenters. The first-order chi connectivity index (χ1) is 13.0. The van der Waals surface area contributed by atoms with E-state index in [0.29, 0.717) is 11.3 Å². The van der Waals surface area contributed by atoms with Crippen LogP contribution >= 0.6 is 27.7 Å². The van der Waals surface area contributed by atoms with Crippen LogP contribution in [0.15, 0.2) is 51.8 Å². The van der Waals surface area contributed by atoms with Crippen molar-refractivity contribution in [2.45, 2.75) is 23.5 Å². The molecule has 0 spiro atoms. The molecule has 0 fully saturated rings. The van der Waals surface area contributed by atoms with Crippen molar-refractivity contribution in [2.24, 2.45) is 0 Å². The molecule has 0 aliphatic rings. The molecule has 0 heterocycles. The van der Waals surface area contributed by atoms with Crippen molar-refractivity contribution in [3.05, 3.63) is 52.5 Å². The van der Waals surface area contributed by atoms with E-state index in [1.165, 1.54) is 13.2 Å². The van der Waals surface area contributed by atoms with E-state index < -0.39 is 18.3 Å². The van der Waals surface area contributed by atoms with Gasteiger partial charge in [-0.15, -0.1) is 11.8 Å². The number of aliphatic hydroxyl groups is 1. The maximum Gasteiger partial charge on any atom is 0.412 e. The first kappa shape index (κ1) is 21.6. The Hall–Kier alpha value is -1.74. The second-order valence-electron chi connectivity index (χ2n) is 5.67. The number of anilines is 1. The van der Waals surface area contributed by atoms with Crippen molar-refractivity contribution in [1.82, 2.24) is 0 Å². The molecule has 0 bridgehead atoms.